The van der Waals surface area contributed by atoms with Gasteiger partial charge in [0.1, 0.15) is 5.82 Å². The Balaban J connectivity index is 2.12. The molecular weight excluding hydrogens is 273 g/mol. The van der Waals surface area contributed by atoms with E-state index in [1.165, 1.54) is 17.8 Å². The van der Waals surface area contributed by atoms with Gasteiger partial charge in [0.2, 0.25) is 0 Å². The number of aromatic nitrogens is 1. The Labute approximate surface area is 123 Å². The first-order valence-corrected chi connectivity index (χ1v) is 7.60. The van der Waals surface area contributed by atoms with Crippen LogP contribution in [0.15, 0.2) is 35.2 Å². The first-order chi connectivity index (χ1) is 9.54. The fourth-order valence-corrected chi connectivity index (χ4v) is 3.18. The lowest BCUT2D eigenvalue weighted by Gasteiger charge is -2.06. The Morgan fingerprint density at radius 2 is 2.00 bits per heavy atom. The van der Waals surface area contributed by atoms with Gasteiger partial charge in [-0.25, -0.2) is 4.39 Å². The number of Topliss-reactive ketones (excluding diaryl/α,β-unsaturated/α-hetero) is 1. The average Bonchev–Trinajstić information content (AvgIpc) is 2.72. The minimum atomic E-state index is -0.274. The van der Waals surface area contributed by atoms with Crippen molar-refractivity contribution in [3.8, 4) is 0 Å². The standard InChI is InChI=1S/C16H18FNOS/c1-4-18-11(2)9-13(12(18)3)15(19)10-20-16-8-6-5-7-14(16)17/h5-9H,4,10H2,1-3H3. The molecule has 0 radical (unpaired) electrons. The molecule has 0 aliphatic heterocycles. The molecule has 0 saturated carbocycles. The Morgan fingerprint density at radius 1 is 1.30 bits per heavy atom. The maximum atomic E-state index is 13.5. The third kappa shape index (κ3) is 2.96. The highest BCUT2D eigenvalue weighted by Crippen LogP contribution is 2.24. The molecule has 0 amide bonds. The third-order valence-corrected chi connectivity index (χ3v) is 4.43. The van der Waals surface area contributed by atoms with Gasteiger partial charge in [-0.15, -0.1) is 11.8 Å². The molecule has 0 unspecified atom stereocenters. The maximum Gasteiger partial charge on any atom is 0.174 e. The number of ketones is 1. The number of rotatable bonds is 5. The van der Waals surface area contributed by atoms with Crippen LogP contribution in [0.1, 0.15) is 28.7 Å². The summed E-state index contributed by atoms with van der Waals surface area (Å²) in [5, 5.41) is 0. The van der Waals surface area contributed by atoms with Crippen molar-refractivity contribution in [1.82, 2.24) is 4.57 Å². The van der Waals surface area contributed by atoms with Crippen LogP contribution in [-0.4, -0.2) is 16.1 Å². The second-order valence-corrected chi connectivity index (χ2v) is 5.69. The van der Waals surface area contributed by atoms with Crippen molar-refractivity contribution in [2.24, 2.45) is 0 Å². The van der Waals surface area contributed by atoms with Crippen molar-refractivity contribution in [3.63, 3.8) is 0 Å². The zero-order valence-corrected chi connectivity index (χ0v) is 12.8. The summed E-state index contributed by atoms with van der Waals surface area (Å²) in [5.41, 5.74) is 2.82. The molecule has 0 atom stereocenters. The summed E-state index contributed by atoms with van der Waals surface area (Å²) in [6.45, 7) is 6.86. The van der Waals surface area contributed by atoms with Gasteiger partial charge in [0.15, 0.2) is 5.78 Å². The molecule has 1 aromatic carbocycles. The largest absolute Gasteiger partial charge is 0.349 e. The van der Waals surface area contributed by atoms with Gasteiger partial charge in [-0.3, -0.25) is 4.79 Å². The number of aryl methyl sites for hydroxylation is 1. The maximum absolute atomic E-state index is 13.5. The zero-order chi connectivity index (χ0) is 14.7. The Kier molecular flexibility index (Phi) is 4.65. The second-order valence-electron chi connectivity index (χ2n) is 4.67. The Hall–Kier alpha value is -1.55. The predicted molar refractivity (Wildman–Crippen MR) is 81.0 cm³/mol. The molecule has 0 aliphatic carbocycles. The normalized spacial score (nSPS) is 10.8. The second kappa shape index (κ2) is 6.27. The lowest BCUT2D eigenvalue weighted by atomic mass is 10.2. The number of benzene rings is 1. The number of thioether (sulfide) groups is 1. The molecule has 0 fully saturated rings. The average molecular weight is 291 g/mol. The lowest BCUT2D eigenvalue weighted by Crippen LogP contribution is -2.06. The molecule has 4 heteroatoms. The van der Waals surface area contributed by atoms with E-state index in [4.69, 9.17) is 0 Å². The predicted octanol–water partition coefficient (Wildman–Crippen LogP) is 4.24. The number of carbonyl (C=O) groups is 1. The van der Waals surface area contributed by atoms with E-state index in [-0.39, 0.29) is 17.4 Å². The van der Waals surface area contributed by atoms with Gasteiger partial charge >= 0.3 is 0 Å². The van der Waals surface area contributed by atoms with Crippen LogP contribution < -0.4 is 0 Å². The Bertz CT molecular complexity index is 633. The van der Waals surface area contributed by atoms with Crippen molar-refractivity contribution >= 4 is 17.5 Å². The van der Waals surface area contributed by atoms with Crippen LogP contribution >= 0.6 is 11.8 Å². The molecule has 0 saturated heterocycles. The van der Waals surface area contributed by atoms with Crippen molar-refractivity contribution < 1.29 is 9.18 Å². The highest BCUT2D eigenvalue weighted by molar-refractivity contribution is 8.00. The van der Waals surface area contributed by atoms with E-state index in [9.17, 15) is 9.18 Å². The minimum absolute atomic E-state index is 0.0473. The molecule has 0 N–H and O–H groups in total. The van der Waals surface area contributed by atoms with Gasteiger partial charge < -0.3 is 4.57 Å². The van der Waals surface area contributed by atoms with Gasteiger partial charge in [-0.05, 0) is 39.0 Å². The van der Waals surface area contributed by atoms with Crippen LogP contribution in [0, 0.1) is 19.7 Å². The summed E-state index contributed by atoms with van der Waals surface area (Å²) in [6.07, 6.45) is 0. The molecule has 0 aliphatic rings. The monoisotopic (exact) mass is 291 g/mol. The SMILES string of the molecule is CCn1c(C)cc(C(=O)CSc2ccccc2F)c1C. The van der Waals surface area contributed by atoms with Crippen molar-refractivity contribution in [2.45, 2.75) is 32.2 Å². The zero-order valence-electron chi connectivity index (χ0n) is 11.9. The van der Waals surface area contributed by atoms with E-state index in [1.54, 1.807) is 18.2 Å². The molecule has 2 rings (SSSR count). The van der Waals surface area contributed by atoms with Crippen LogP contribution in [-0.2, 0) is 6.54 Å². The quantitative estimate of drug-likeness (QED) is 0.607. The van der Waals surface area contributed by atoms with E-state index in [2.05, 4.69) is 11.5 Å². The van der Waals surface area contributed by atoms with E-state index < -0.39 is 0 Å². The highest BCUT2D eigenvalue weighted by atomic mass is 32.2. The summed E-state index contributed by atoms with van der Waals surface area (Å²) < 4.78 is 15.6. The van der Waals surface area contributed by atoms with Crippen molar-refractivity contribution in [3.05, 3.63) is 53.1 Å². The van der Waals surface area contributed by atoms with E-state index >= 15 is 0 Å². The summed E-state index contributed by atoms with van der Waals surface area (Å²) >= 11 is 1.25. The van der Waals surface area contributed by atoms with Gasteiger partial charge in [-0.1, -0.05) is 12.1 Å². The first-order valence-electron chi connectivity index (χ1n) is 6.61. The van der Waals surface area contributed by atoms with Crippen LogP contribution in [0.5, 0.6) is 0 Å². The summed E-state index contributed by atoms with van der Waals surface area (Å²) in [7, 11) is 0. The molecule has 1 aromatic heterocycles. The highest BCUT2D eigenvalue weighted by Gasteiger charge is 2.15. The van der Waals surface area contributed by atoms with Crippen LogP contribution in [0.3, 0.4) is 0 Å². The molecule has 1 heterocycles. The number of hydrogen-bond acceptors (Lipinski definition) is 2. The topological polar surface area (TPSA) is 22.0 Å². The van der Waals surface area contributed by atoms with Gasteiger partial charge in [0.05, 0.1) is 5.75 Å². The molecule has 2 aromatic rings. The Morgan fingerprint density at radius 3 is 2.60 bits per heavy atom. The fourth-order valence-electron chi connectivity index (χ4n) is 2.35. The number of nitrogens with zero attached hydrogens (tertiary/aromatic N) is 1. The van der Waals surface area contributed by atoms with Crippen LogP contribution in [0.4, 0.5) is 4.39 Å². The summed E-state index contributed by atoms with van der Waals surface area (Å²) in [5.74, 6) is 0.0324. The minimum Gasteiger partial charge on any atom is -0.349 e. The number of halogens is 1. The van der Waals surface area contributed by atoms with Gasteiger partial charge in [-0.2, -0.15) is 0 Å². The van der Waals surface area contributed by atoms with Crippen molar-refractivity contribution in [2.75, 3.05) is 5.75 Å². The molecule has 106 valence electrons. The smallest absolute Gasteiger partial charge is 0.174 e. The molecule has 0 bridgehead atoms. The van der Waals surface area contributed by atoms with Gasteiger partial charge in [0.25, 0.3) is 0 Å². The van der Waals surface area contributed by atoms with Crippen LogP contribution in [0.2, 0.25) is 0 Å². The van der Waals surface area contributed by atoms with Crippen molar-refractivity contribution in [1.29, 1.82) is 0 Å². The van der Waals surface area contributed by atoms with E-state index in [1.807, 2.05) is 19.9 Å². The lowest BCUT2D eigenvalue weighted by molar-refractivity contribution is 0.102. The summed E-state index contributed by atoms with van der Waals surface area (Å²) in [6, 6.07) is 8.45. The molecule has 0 spiro atoms. The number of carbonyl (C=O) groups excluding carboxylic acids is 1. The van der Waals surface area contributed by atoms with E-state index in [0.29, 0.717) is 4.90 Å². The number of hydrogen-bond donors (Lipinski definition) is 0. The third-order valence-electron chi connectivity index (χ3n) is 3.39. The van der Waals surface area contributed by atoms with E-state index in [0.717, 1.165) is 23.5 Å². The van der Waals surface area contributed by atoms with Gasteiger partial charge in [0, 0.05) is 28.4 Å². The fraction of sp³-hybridized carbons (Fsp3) is 0.312. The molecule has 20 heavy (non-hydrogen) atoms. The molecular formula is C16H18FNOS. The first kappa shape index (κ1) is 14.9. The van der Waals surface area contributed by atoms with Crippen LogP contribution in [0.25, 0.3) is 0 Å². The molecule has 2 nitrogen and oxygen atoms in total. The summed E-state index contributed by atoms with van der Waals surface area (Å²) in [4.78, 5) is 12.8.